The Morgan fingerprint density at radius 3 is 2.76 bits per heavy atom. The molecule has 2 amide bonds. The molecule has 11 heteroatoms. The third-order valence-electron chi connectivity index (χ3n) is 5.05. The normalized spacial score (nSPS) is 15.9. The second-order valence-electron chi connectivity index (χ2n) is 7.24. The molecule has 33 heavy (non-hydrogen) atoms. The minimum absolute atomic E-state index is 0.252. The van der Waals surface area contributed by atoms with Gasteiger partial charge in [-0.05, 0) is 31.9 Å². The molecule has 0 bridgehead atoms. The standard InChI is InChI=1S/C22H28ClN5O4S/c1-4-16-18(20(29)32-5-2)17(25-21(30)24-16)13-33-22-27-26-19(28(22)11-8-12-31-3)14-9-6-7-10-15(14)23/h6-7,9-10,16H,4-5,8,11-13H2,1-3H3,(H2,24,25,30). The first-order chi connectivity index (χ1) is 16.0. The molecule has 178 valence electrons. The molecule has 9 nitrogen and oxygen atoms in total. The summed E-state index contributed by atoms with van der Waals surface area (Å²) in [6.07, 6.45) is 1.33. The van der Waals surface area contributed by atoms with Crippen LogP contribution in [0.25, 0.3) is 11.4 Å². The lowest BCUT2D eigenvalue weighted by molar-refractivity contribution is -0.139. The zero-order valence-corrected chi connectivity index (χ0v) is 20.5. The number of nitrogens with zero attached hydrogens (tertiary/aromatic N) is 3. The van der Waals surface area contributed by atoms with Crippen molar-refractivity contribution in [2.45, 2.75) is 44.4 Å². The van der Waals surface area contributed by atoms with Gasteiger partial charge in [0.05, 0.1) is 23.2 Å². The number of benzene rings is 1. The van der Waals surface area contributed by atoms with Crippen LogP contribution < -0.4 is 10.6 Å². The summed E-state index contributed by atoms with van der Waals surface area (Å²) in [4.78, 5) is 24.8. The van der Waals surface area contributed by atoms with Crippen LogP contribution in [0.5, 0.6) is 0 Å². The number of rotatable bonds is 11. The van der Waals surface area contributed by atoms with E-state index in [1.807, 2.05) is 35.8 Å². The Kier molecular flexibility index (Phi) is 9.16. The summed E-state index contributed by atoms with van der Waals surface area (Å²) >= 11 is 7.79. The van der Waals surface area contributed by atoms with Gasteiger partial charge >= 0.3 is 12.0 Å². The number of urea groups is 1. The quantitative estimate of drug-likeness (QED) is 0.279. The van der Waals surface area contributed by atoms with Crippen molar-refractivity contribution in [3.8, 4) is 11.4 Å². The molecule has 0 radical (unpaired) electrons. The molecule has 2 aromatic rings. The highest BCUT2D eigenvalue weighted by molar-refractivity contribution is 7.99. The van der Waals surface area contributed by atoms with Gasteiger partial charge in [0.15, 0.2) is 11.0 Å². The van der Waals surface area contributed by atoms with E-state index in [9.17, 15) is 9.59 Å². The number of hydrogen-bond donors (Lipinski definition) is 2. The van der Waals surface area contributed by atoms with Gasteiger partial charge in [-0.1, -0.05) is 42.4 Å². The molecule has 0 saturated carbocycles. The summed E-state index contributed by atoms with van der Waals surface area (Å²) in [5.41, 5.74) is 1.73. The molecule has 1 aromatic heterocycles. The first-order valence-electron chi connectivity index (χ1n) is 10.8. The second kappa shape index (κ2) is 12.1. The van der Waals surface area contributed by atoms with Gasteiger partial charge in [-0.25, -0.2) is 9.59 Å². The van der Waals surface area contributed by atoms with Crippen molar-refractivity contribution in [2.75, 3.05) is 26.1 Å². The third-order valence-corrected chi connectivity index (χ3v) is 6.38. The first-order valence-corrected chi connectivity index (χ1v) is 12.1. The van der Waals surface area contributed by atoms with Crippen molar-refractivity contribution in [1.29, 1.82) is 0 Å². The fraction of sp³-hybridized carbons (Fsp3) is 0.455. The minimum Gasteiger partial charge on any atom is -0.463 e. The van der Waals surface area contributed by atoms with E-state index in [4.69, 9.17) is 21.1 Å². The number of thioether (sulfide) groups is 1. The summed E-state index contributed by atoms with van der Waals surface area (Å²) < 4.78 is 12.4. The van der Waals surface area contributed by atoms with Gasteiger partial charge in [0, 0.05) is 37.3 Å². The van der Waals surface area contributed by atoms with Crippen molar-refractivity contribution in [3.05, 3.63) is 40.6 Å². The van der Waals surface area contributed by atoms with Crippen molar-refractivity contribution in [1.82, 2.24) is 25.4 Å². The molecule has 0 aliphatic carbocycles. The Bertz CT molecular complexity index is 1030. The van der Waals surface area contributed by atoms with E-state index in [1.165, 1.54) is 11.8 Å². The van der Waals surface area contributed by atoms with Crippen LogP contribution in [0.15, 0.2) is 40.7 Å². The van der Waals surface area contributed by atoms with Crippen LogP contribution in [0.2, 0.25) is 5.02 Å². The molecule has 1 aliphatic rings. The van der Waals surface area contributed by atoms with Crippen molar-refractivity contribution in [2.24, 2.45) is 0 Å². The maximum Gasteiger partial charge on any atom is 0.337 e. The number of esters is 1. The Hall–Kier alpha value is -2.56. The zero-order valence-electron chi connectivity index (χ0n) is 18.9. The average molecular weight is 494 g/mol. The van der Waals surface area contributed by atoms with Gasteiger partial charge in [-0.3, -0.25) is 0 Å². The van der Waals surface area contributed by atoms with Crippen LogP contribution >= 0.6 is 23.4 Å². The molecular formula is C22H28ClN5O4S. The van der Waals surface area contributed by atoms with E-state index >= 15 is 0 Å². The minimum atomic E-state index is -0.439. The smallest absolute Gasteiger partial charge is 0.337 e. The summed E-state index contributed by atoms with van der Waals surface area (Å²) in [6.45, 7) is 5.12. The molecule has 0 spiro atoms. The van der Waals surface area contributed by atoms with E-state index in [2.05, 4.69) is 20.8 Å². The molecule has 1 aliphatic heterocycles. The van der Waals surface area contributed by atoms with Crippen LogP contribution in [-0.4, -0.2) is 58.9 Å². The number of aromatic nitrogens is 3. The third kappa shape index (κ3) is 6.07. The van der Waals surface area contributed by atoms with Crippen LogP contribution in [0.1, 0.15) is 26.7 Å². The van der Waals surface area contributed by atoms with E-state index in [1.54, 1.807) is 14.0 Å². The Morgan fingerprint density at radius 2 is 2.06 bits per heavy atom. The molecule has 0 fully saturated rings. The fourth-order valence-corrected chi connectivity index (χ4v) is 4.67. The average Bonchev–Trinajstić information content (AvgIpc) is 3.20. The van der Waals surface area contributed by atoms with Crippen LogP contribution in [0.4, 0.5) is 4.79 Å². The highest BCUT2D eigenvalue weighted by Gasteiger charge is 2.31. The number of amides is 2. The first kappa shape index (κ1) is 25.1. The van der Waals surface area contributed by atoms with Gasteiger partial charge in [-0.15, -0.1) is 10.2 Å². The van der Waals surface area contributed by atoms with Gasteiger partial charge in [0.2, 0.25) is 0 Å². The monoisotopic (exact) mass is 493 g/mol. The molecule has 3 rings (SSSR count). The highest BCUT2D eigenvalue weighted by Crippen LogP contribution is 2.31. The summed E-state index contributed by atoms with van der Waals surface area (Å²) in [6, 6.07) is 6.71. The lowest BCUT2D eigenvalue weighted by atomic mass is 10.0. The predicted molar refractivity (Wildman–Crippen MR) is 127 cm³/mol. The summed E-state index contributed by atoms with van der Waals surface area (Å²) in [7, 11) is 1.66. The molecule has 1 atom stereocenters. The number of halogens is 1. The van der Waals surface area contributed by atoms with E-state index in [0.717, 1.165) is 12.0 Å². The van der Waals surface area contributed by atoms with Crippen molar-refractivity contribution >= 4 is 35.4 Å². The lowest BCUT2D eigenvalue weighted by Gasteiger charge is -2.28. The van der Waals surface area contributed by atoms with E-state index in [0.29, 0.717) is 52.6 Å². The van der Waals surface area contributed by atoms with Gasteiger partial charge in [0.1, 0.15) is 0 Å². The van der Waals surface area contributed by atoms with E-state index < -0.39 is 12.0 Å². The molecule has 0 saturated heterocycles. The van der Waals surface area contributed by atoms with Crippen LogP contribution in [0, 0.1) is 0 Å². The van der Waals surface area contributed by atoms with Crippen LogP contribution in [-0.2, 0) is 20.8 Å². The number of carbonyl (C=O) groups is 2. The zero-order chi connectivity index (χ0) is 23.8. The molecule has 2 heterocycles. The lowest BCUT2D eigenvalue weighted by Crippen LogP contribution is -2.50. The van der Waals surface area contributed by atoms with Gasteiger partial charge in [-0.2, -0.15) is 0 Å². The predicted octanol–water partition coefficient (Wildman–Crippen LogP) is 3.64. The topological polar surface area (TPSA) is 107 Å². The van der Waals surface area contributed by atoms with E-state index in [-0.39, 0.29) is 12.6 Å². The van der Waals surface area contributed by atoms with Crippen molar-refractivity contribution in [3.63, 3.8) is 0 Å². The molecule has 1 unspecified atom stereocenters. The Morgan fingerprint density at radius 1 is 1.27 bits per heavy atom. The fourth-order valence-electron chi connectivity index (χ4n) is 3.52. The summed E-state index contributed by atoms with van der Waals surface area (Å²) in [5, 5.41) is 15.5. The number of methoxy groups -OCH3 is 1. The molecule has 1 aromatic carbocycles. The number of hydrogen-bond acceptors (Lipinski definition) is 7. The maximum absolute atomic E-state index is 12.6. The SMILES string of the molecule is CCOC(=O)C1=C(CSc2nnc(-c3ccccc3Cl)n2CCCOC)NC(=O)NC1CC. The Balaban J connectivity index is 1.92. The van der Waals surface area contributed by atoms with Gasteiger partial charge in [0.25, 0.3) is 0 Å². The Labute approximate surface area is 202 Å². The number of nitrogens with one attached hydrogen (secondary N) is 2. The largest absolute Gasteiger partial charge is 0.463 e. The van der Waals surface area contributed by atoms with Gasteiger partial charge < -0.3 is 24.7 Å². The molecule has 2 N–H and O–H groups in total. The number of ether oxygens (including phenoxy) is 2. The summed E-state index contributed by atoms with van der Waals surface area (Å²) in [5.74, 6) is 0.536. The maximum atomic E-state index is 12.6. The second-order valence-corrected chi connectivity index (χ2v) is 8.59. The highest BCUT2D eigenvalue weighted by atomic mass is 35.5. The van der Waals surface area contributed by atoms with Crippen molar-refractivity contribution < 1.29 is 19.1 Å². The number of carbonyl (C=O) groups excluding carboxylic acids is 2. The molecular weight excluding hydrogens is 466 g/mol. The van der Waals surface area contributed by atoms with Crippen LogP contribution in [0.3, 0.4) is 0 Å².